The Morgan fingerprint density at radius 1 is 0.964 bits per heavy atom. The minimum absolute atomic E-state index is 0.0526. The molecule has 0 radical (unpaired) electrons. The number of H-pyrrole nitrogens is 1. The van der Waals surface area contributed by atoms with E-state index < -0.39 is 0 Å². The molecule has 1 aliphatic heterocycles. The van der Waals surface area contributed by atoms with Crippen LogP contribution in [0.3, 0.4) is 0 Å². The number of halogens is 2. The van der Waals surface area contributed by atoms with Gasteiger partial charge in [0.25, 0.3) is 0 Å². The van der Waals surface area contributed by atoms with Crippen LogP contribution in [0.4, 0.5) is 14.6 Å². The van der Waals surface area contributed by atoms with Crippen LogP contribution in [0, 0.1) is 17.6 Å². The molecule has 2 unspecified atom stereocenters. The van der Waals surface area contributed by atoms with E-state index in [1.807, 2.05) is 12.1 Å². The molecule has 2 atom stereocenters. The molecule has 0 saturated carbocycles. The minimum Gasteiger partial charge on any atom is -0.355 e. The number of carbonyl (C=O) groups is 1. The van der Waals surface area contributed by atoms with Crippen molar-refractivity contribution in [2.75, 3.05) is 11.4 Å². The molecule has 0 bridgehead atoms. The zero-order valence-electron chi connectivity index (χ0n) is 15.7. The lowest BCUT2D eigenvalue weighted by molar-refractivity contribution is 0.0890. The molecule has 28 heavy (non-hydrogen) atoms. The maximum absolute atomic E-state index is 13.1. The van der Waals surface area contributed by atoms with Crippen LogP contribution in [0.5, 0.6) is 0 Å². The molecule has 2 heterocycles. The summed E-state index contributed by atoms with van der Waals surface area (Å²) in [5.74, 6) is 0.452. The van der Waals surface area contributed by atoms with E-state index >= 15 is 0 Å². The Morgan fingerprint density at radius 3 is 2.25 bits per heavy atom. The molecule has 1 aromatic heterocycles. The zero-order valence-corrected chi connectivity index (χ0v) is 15.7. The fourth-order valence-electron chi connectivity index (χ4n) is 3.97. The van der Waals surface area contributed by atoms with Gasteiger partial charge in [-0.1, -0.05) is 0 Å². The molecule has 4 rings (SSSR count). The van der Waals surface area contributed by atoms with Crippen LogP contribution < -0.4 is 4.90 Å². The van der Waals surface area contributed by atoms with Gasteiger partial charge in [-0.3, -0.25) is 4.79 Å². The molecule has 3 nitrogen and oxygen atoms in total. The molecule has 1 aliphatic rings. The van der Waals surface area contributed by atoms with Crippen LogP contribution in [0.1, 0.15) is 30.1 Å². The van der Waals surface area contributed by atoms with Gasteiger partial charge in [-0.15, -0.1) is 0 Å². The van der Waals surface area contributed by atoms with Crippen molar-refractivity contribution in [2.24, 2.45) is 5.92 Å². The number of Topliss-reactive ketones (excluding diaryl/α,β-unsaturated/α-hetero) is 1. The summed E-state index contributed by atoms with van der Waals surface area (Å²) in [6, 6.07) is 16.4. The minimum atomic E-state index is -0.330. The van der Waals surface area contributed by atoms with Gasteiger partial charge in [0.2, 0.25) is 0 Å². The lowest BCUT2D eigenvalue weighted by Gasteiger charge is -2.38. The molecule has 1 saturated heterocycles. The highest BCUT2D eigenvalue weighted by Gasteiger charge is 2.31. The smallest absolute Gasteiger partial charge is 0.166 e. The molecule has 3 aromatic rings. The second-order valence-electron chi connectivity index (χ2n) is 7.40. The summed E-state index contributed by atoms with van der Waals surface area (Å²) in [6.07, 6.45) is 1.51. The SMILES string of the molecule is CC1CC(C(=O)c2ccc(F)cc2)CCN1c1ccc(-c2ccc(F)cc2)[nH]1. The van der Waals surface area contributed by atoms with Gasteiger partial charge >= 0.3 is 0 Å². The van der Waals surface area contributed by atoms with E-state index in [0.717, 1.165) is 36.5 Å². The van der Waals surface area contributed by atoms with E-state index in [1.165, 1.54) is 24.3 Å². The van der Waals surface area contributed by atoms with Crippen molar-refractivity contribution in [1.29, 1.82) is 0 Å². The number of rotatable bonds is 4. The Hall–Kier alpha value is -2.95. The number of carbonyl (C=O) groups excluding carboxylic acids is 1. The average Bonchev–Trinajstić information content (AvgIpc) is 3.18. The highest BCUT2D eigenvalue weighted by molar-refractivity contribution is 5.98. The van der Waals surface area contributed by atoms with Gasteiger partial charge in [0.15, 0.2) is 5.78 Å². The van der Waals surface area contributed by atoms with Gasteiger partial charge in [0.1, 0.15) is 17.5 Å². The van der Waals surface area contributed by atoms with Gasteiger partial charge in [0.05, 0.1) is 0 Å². The monoisotopic (exact) mass is 380 g/mol. The Morgan fingerprint density at radius 2 is 1.61 bits per heavy atom. The number of nitrogens with zero attached hydrogens (tertiary/aromatic N) is 1. The van der Waals surface area contributed by atoms with Crippen molar-refractivity contribution in [1.82, 2.24) is 4.98 Å². The molecular weight excluding hydrogens is 358 g/mol. The number of ketones is 1. The Bertz CT molecular complexity index is 963. The predicted molar refractivity (Wildman–Crippen MR) is 106 cm³/mol. The lowest BCUT2D eigenvalue weighted by atomic mass is 9.85. The summed E-state index contributed by atoms with van der Waals surface area (Å²) in [7, 11) is 0. The van der Waals surface area contributed by atoms with E-state index in [2.05, 4.69) is 16.8 Å². The van der Waals surface area contributed by atoms with Crippen molar-refractivity contribution in [3.8, 4) is 11.3 Å². The first-order valence-electron chi connectivity index (χ1n) is 9.52. The van der Waals surface area contributed by atoms with Crippen LogP contribution in [0.15, 0.2) is 60.7 Å². The zero-order chi connectivity index (χ0) is 19.7. The van der Waals surface area contributed by atoms with Crippen LogP contribution in [0.25, 0.3) is 11.3 Å². The molecule has 0 amide bonds. The van der Waals surface area contributed by atoms with Crippen LogP contribution >= 0.6 is 0 Å². The Balaban J connectivity index is 1.45. The van der Waals surface area contributed by atoms with Crippen LogP contribution in [-0.4, -0.2) is 23.4 Å². The van der Waals surface area contributed by atoms with Gasteiger partial charge in [-0.05, 0) is 86.0 Å². The van der Waals surface area contributed by atoms with E-state index in [0.29, 0.717) is 5.56 Å². The fourth-order valence-corrected chi connectivity index (χ4v) is 3.97. The van der Waals surface area contributed by atoms with Gasteiger partial charge < -0.3 is 9.88 Å². The molecule has 1 N–H and O–H groups in total. The largest absolute Gasteiger partial charge is 0.355 e. The van der Waals surface area contributed by atoms with Gasteiger partial charge in [0, 0.05) is 29.8 Å². The second-order valence-corrected chi connectivity index (χ2v) is 7.40. The number of hydrogen-bond acceptors (Lipinski definition) is 2. The number of piperidine rings is 1. The standard InChI is InChI=1S/C23H22F2N2O/c1-15-14-18(23(28)17-4-8-20(25)9-5-17)12-13-27(15)22-11-10-21(26-22)16-2-6-19(24)7-3-16/h2-11,15,18,26H,12-14H2,1H3. The molecule has 1 fully saturated rings. The number of aromatic amines is 1. The van der Waals surface area contributed by atoms with Crippen LogP contribution in [0.2, 0.25) is 0 Å². The third-order valence-electron chi connectivity index (χ3n) is 5.51. The Labute approximate surface area is 163 Å². The maximum atomic E-state index is 13.1. The fraction of sp³-hybridized carbons (Fsp3) is 0.261. The molecule has 2 aromatic carbocycles. The van der Waals surface area contributed by atoms with Gasteiger partial charge in [-0.2, -0.15) is 0 Å². The number of hydrogen-bond donors (Lipinski definition) is 1. The Kier molecular flexibility index (Phi) is 4.99. The summed E-state index contributed by atoms with van der Waals surface area (Å²) in [4.78, 5) is 18.4. The first-order chi connectivity index (χ1) is 13.5. The topological polar surface area (TPSA) is 36.1 Å². The first-order valence-corrected chi connectivity index (χ1v) is 9.52. The molecule has 0 spiro atoms. The predicted octanol–water partition coefficient (Wildman–Crippen LogP) is 5.45. The second kappa shape index (κ2) is 7.58. The maximum Gasteiger partial charge on any atom is 0.166 e. The van der Waals surface area contributed by atoms with Crippen LogP contribution in [-0.2, 0) is 0 Å². The van der Waals surface area contributed by atoms with Crippen molar-refractivity contribution in [3.05, 3.63) is 77.9 Å². The summed E-state index contributed by atoms with van der Waals surface area (Å²) in [5, 5.41) is 0. The molecular formula is C23H22F2N2O. The molecule has 0 aliphatic carbocycles. The summed E-state index contributed by atoms with van der Waals surface area (Å²) in [6.45, 7) is 2.88. The van der Waals surface area contributed by atoms with E-state index in [4.69, 9.17) is 0 Å². The normalized spacial score (nSPS) is 19.6. The van der Waals surface area contributed by atoms with Crippen molar-refractivity contribution >= 4 is 11.6 Å². The summed E-state index contributed by atoms with van der Waals surface area (Å²) in [5.41, 5.74) is 2.44. The number of anilines is 1. The van der Waals surface area contributed by atoms with E-state index in [1.54, 1.807) is 24.3 Å². The number of aromatic nitrogens is 1. The van der Waals surface area contributed by atoms with Crippen molar-refractivity contribution < 1.29 is 13.6 Å². The quantitative estimate of drug-likeness (QED) is 0.611. The highest BCUT2D eigenvalue weighted by atomic mass is 19.1. The van der Waals surface area contributed by atoms with Gasteiger partial charge in [-0.25, -0.2) is 8.78 Å². The molecule has 144 valence electrons. The van der Waals surface area contributed by atoms with Crippen molar-refractivity contribution in [3.63, 3.8) is 0 Å². The number of benzene rings is 2. The van der Waals surface area contributed by atoms with E-state index in [9.17, 15) is 13.6 Å². The van der Waals surface area contributed by atoms with Crippen molar-refractivity contribution in [2.45, 2.75) is 25.8 Å². The third-order valence-corrected chi connectivity index (χ3v) is 5.51. The average molecular weight is 380 g/mol. The number of nitrogens with one attached hydrogen (secondary N) is 1. The lowest BCUT2D eigenvalue weighted by Crippen LogP contribution is -2.43. The van der Waals surface area contributed by atoms with E-state index in [-0.39, 0.29) is 29.4 Å². The summed E-state index contributed by atoms with van der Waals surface area (Å²) >= 11 is 0. The third kappa shape index (κ3) is 3.70. The summed E-state index contributed by atoms with van der Waals surface area (Å²) < 4.78 is 26.2. The highest BCUT2D eigenvalue weighted by Crippen LogP contribution is 2.31. The molecule has 5 heteroatoms. The first kappa shape index (κ1) is 18.4.